The molecule has 0 aromatic heterocycles. The molecule has 106 valence electrons. The third-order valence-electron chi connectivity index (χ3n) is 3.10. The van der Waals surface area contributed by atoms with Gasteiger partial charge in [-0.25, -0.2) is 13.2 Å². The fourth-order valence-electron chi connectivity index (χ4n) is 2.14. The van der Waals surface area contributed by atoms with Gasteiger partial charge in [-0.1, -0.05) is 43.7 Å². The van der Waals surface area contributed by atoms with Crippen molar-refractivity contribution in [1.29, 1.82) is 0 Å². The minimum Gasteiger partial charge on any atom is -0.378 e. The molecule has 20 heavy (non-hydrogen) atoms. The highest BCUT2D eigenvalue weighted by molar-refractivity contribution is 5.46. The summed E-state index contributed by atoms with van der Waals surface area (Å²) in [6.07, 6.45) is 1.73. The summed E-state index contributed by atoms with van der Waals surface area (Å²) in [6, 6.07) is 11.5. The lowest BCUT2D eigenvalue weighted by molar-refractivity contribution is 0.447. The van der Waals surface area contributed by atoms with Gasteiger partial charge in [-0.2, -0.15) is 0 Å². The van der Waals surface area contributed by atoms with Gasteiger partial charge in [0.05, 0.1) is 6.04 Å². The highest BCUT2D eigenvalue weighted by atomic mass is 19.2. The zero-order valence-corrected chi connectivity index (χ0v) is 11.2. The summed E-state index contributed by atoms with van der Waals surface area (Å²) in [4.78, 5) is 0. The van der Waals surface area contributed by atoms with Gasteiger partial charge in [0.1, 0.15) is 0 Å². The first-order chi connectivity index (χ1) is 9.61. The first kappa shape index (κ1) is 14.4. The lowest BCUT2D eigenvalue weighted by atomic mass is 10.0. The molecule has 0 saturated heterocycles. The normalized spacial score (nSPS) is 12.2. The fourth-order valence-corrected chi connectivity index (χ4v) is 2.14. The Balaban J connectivity index is 2.25. The van der Waals surface area contributed by atoms with Crippen LogP contribution in [-0.4, -0.2) is 0 Å². The van der Waals surface area contributed by atoms with Crippen molar-refractivity contribution in [1.82, 2.24) is 0 Å². The quantitative estimate of drug-likeness (QED) is 0.754. The van der Waals surface area contributed by atoms with E-state index in [4.69, 9.17) is 0 Å². The summed E-state index contributed by atoms with van der Waals surface area (Å²) in [5, 5.41) is 3.06. The van der Waals surface area contributed by atoms with Gasteiger partial charge in [-0.05, 0) is 12.0 Å². The minimum absolute atomic E-state index is 0.0644. The molecule has 1 N–H and O–H groups in total. The van der Waals surface area contributed by atoms with Crippen molar-refractivity contribution >= 4 is 5.69 Å². The summed E-state index contributed by atoms with van der Waals surface area (Å²) in [5.74, 6) is -3.81. The van der Waals surface area contributed by atoms with E-state index in [1.165, 1.54) is 0 Å². The summed E-state index contributed by atoms with van der Waals surface area (Å²) in [7, 11) is 0. The lowest BCUT2D eigenvalue weighted by Gasteiger charge is -2.20. The van der Waals surface area contributed by atoms with Crippen molar-refractivity contribution < 1.29 is 13.2 Å². The van der Waals surface area contributed by atoms with Gasteiger partial charge in [-0.15, -0.1) is 0 Å². The SMILES string of the molecule is CCCC(Nc1cc(F)c(F)c(F)c1)c1ccccc1. The Bertz CT molecular complexity index is 546. The Morgan fingerprint density at radius 1 is 1.00 bits per heavy atom. The van der Waals surface area contributed by atoms with Crippen LogP contribution in [0, 0.1) is 17.5 Å². The molecule has 0 aliphatic carbocycles. The molecule has 2 aromatic rings. The molecule has 0 heterocycles. The molecule has 0 amide bonds. The van der Waals surface area contributed by atoms with Gasteiger partial charge in [0, 0.05) is 17.8 Å². The van der Waals surface area contributed by atoms with Gasteiger partial charge in [0.2, 0.25) is 0 Å². The molecule has 1 atom stereocenters. The van der Waals surface area contributed by atoms with Crippen LogP contribution >= 0.6 is 0 Å². The van der Waals surface area contributed by atoms with Crippen LogP contribution in [0.2, 0.25) is 0 Å². The number of anilines is 1. The summed E-state index contributed by atoms with van der Waals surface area (Å²) in [6.45, 7) is 2.03. The molecule has 0 saturated carbocycles. The average Bonchev–Trinajstić information content (AvgIpc) is 2.45. The van der Waals surface area contributed by atoms with Crippen LogP contribution < -0.4 is 5.32 Å². The second-order valence-electron chi connectivity index (χ2n) is 4.65. The monoisotopic (exact) mass is 279 g/mol. The Morgan fingerprint density at radius 3 is 2.15 bits per heavy atom. The first-order valence-corrected chi connectivity index (χ1v) is 6.58. The van der Waals surface area contributed by atoms with Crippen molar-refractivity contribution in [3.63, 3.8) is 0 Å². The zero-order chi connectivity index (χ0) is 14.5. The number of halogens is 3. The van der Waals surface area contributed by atoms with Crippen molar-refractivity contribution in [2.75, 3.05) is 5.32 Å². The van der Waals surface area contributed by atoms with Crippen LogP contribution in [-0.2, 0) is 0 Å². The Hall–Kier alpha value is -1.97. The van der Waals surface area contributed by atoms with E-state index in [-0.39, 0.29) is 11.7 Å². The molecular formula is C16H16F3N. The predicted octanol–water partition coefficient (Wildman–Crippen LogP) is 5.06. The van der Waals surface area contributed by atoms with E-state index in [1.54, 1.807) is 0 Å². The summed E-state index contributed by atoms with van der Waals surface area (Å²) < 4.78 is 39.4. The van der Waals surface area contributed by atoms with E-state index in [9.17, 15) is 13.2 Å². The number of rotatable bonds is 5. The van der Waals surface area contributed by atoms with Gasteiger partial charge in [-0.3, -0.25) is 0 Å². The smallest absolute Gasteiger partial charge is 0.194 e. The molecule has 0 aliphatic heterocycles. The maximum absolute atomic E-state index is 13.2. The molecule has 1 unspecified atom stereocenters. The fraction of sp³-hybridized carbons (Fsp3) is 0.250. The first-order valence-electron chi connectivity index (χ1n) is 6.58. The van der Waals surface area contributed by atoms with E-state index < -0.39 is 17.5 Å². The highest BCUT2D eigenvalue weighted by Crippen LogP contribution is 2.25. The van der Waals surface area contributed by atoms with E-state index >= 15 is 0 Å². The third kappa shape index (κ3) is 3.32. The maximum Gasteiger partial charge on any atom is 0.194 e. The topological polar surface area (TPSA) is 12.0 Å². The third-order valence-corrected chi connectivity index (χ3v) is 3.10. The molecule has 0 spiro atoms. The standard InChI is InChI=1S/C16H16F3N/c1-2-6-15(11-7-4-3-5-8-11)20-12-9-13(17)16(19)14(18)10-12/h3-5,7-10,15,20H,2,6H2,1H3. The molecule has 0 radical (unpaired) electrons. The highest BCUT2D eigenvalue weighted by Gasteiger charge is 2.14. The second-order valence-corrected chi connectivity index (χ2v) is 4.65. The van der Waals surface area contributed by atoms with Crippen molar-refractivity contribution in [2.24, 2.45) is 0 Å². The largest absolute Gasteiger partial charge is 0.378 e. The molecule has 0 bridgehead atoms. The zero-order valence-electron chi connectivity index (χ0n) is 11.2. The van der Waals surface area contributed by atoms with Crippen LogP contribution in [0.1, 0.15) is 31.4 Å². The molecule has 1 nitrogen and oxygen atoms in total. The Morgan fingerprint density at radius 2 is 1.60 bits per heavy atom. The van der Waals surface area contributed by atoms with E-state index in [0.29, 0.717) is 0 Å². The average molecular weight is 279 g/mol. The summed E-state index contributed by atoms with van der Waals surface area (Å²) in [5.41, 5.74) is 1.27. The lowest BCUT2D eigenvalue weighted by Crippen LogP contribution is -2.11. The van der Waals surface area contributed by atoms with E-state index in [1.807, 2.05) is 37.3 Å². The number of benzene rings is 2. The van der Waals surface area contributed by atoms with Gasteiger partial charge in [0.15, 0.2) is 17.5 Å². The van der Waals surface area contributed by atoms with Crippen LogP contribution in [0.15, 0.2) is 42.5 Å². The molecular weight excluding hydrogens is 263 g/mol. The number of hydrogen-bond donors (Lipinski definition) is 1. The maximum atomic E-state index is 13.2. The number of hydrogen-bond acceptors (Lipinski definition) is 1. The van der Waals surface area contributed by atoms with E-state index in [2.05, 4.69) is 5.32 Å². The predicted molar refractivity (Wildman–Crippen MR) is 74.0 cm³/mol. The molecule has 2 rings (SSSR count). The molecule has 0 aliphatic rings. The summed E-state index contributed by atoms with van der Waals surface area (Å²) >= 11 is 0. The Kier molecular flexibility index (Phi) is 4.66. The van der Waals surface area contributed by atoms with Crippen molar-refractivity contribution in [2.45, 2.75) is 25.8 Å². The van der Waals surface area contributed by atoms with Crippen LogP contribution in [0.25, 0.3) is 0 Å². The molecule has 4 heteroatoms. The van der Waals surface area contributed by atoms with Crippen molar-refractivity contribution in [3.8, 4) is 0 Å². The van der Waals surface area contributed by atoms with Crippen molar-refractivity contribution in [3.05, 3.63) is 65.5 Å². The van der Waals surface area contributed by atoms with Crippen LogP contribution in [0.3, 0.4) is 0 Å². The molecule has 0 fully saturated rings. The number of nitrogens with one attached hydrogen (secondary N) is 1. The van der Waals surface area contributed by atoms with E-state index in [0.717, 1.165) is 30.5 Å². The second kappa shape index (κ2) is 6.46. The van der Waals surface area contributed by atoms with Crippen LogP contribution in [0.4, 0.5) is 18.9 Å². The van der Waals surface area contributed by atoms with Gasteiger partial charge >= 0.3 is 0 Å². The van der Waals surface area contributed by atoms with Crippen LogP contribution in [0.5, 0.6) is 0 Å². The molecule has 2 aromatic carbocycles. The minimum atomic E-state index is -1.44. The van der Waals surface area contributed by atoms with Gasteiger partial charge < -0.3 is 5.32 Å². The Labute approximate surface area is 116 Å². The van der Waals surface area contributed by atoms with Gasteiger partial charge in [0.25, 0.3) is 0 Å².